The first kappa shape index (κ1) is 33.3. The van der Waals surface area contributed by atoms with Crippen molar-refractivity contribution in [3.05, 3.63) is 129 Å². The second-order valence-corrected chi connectivity index (χ2v) is 11.3. The van der Waals surface area contributed by atoms with Crippen LogP contribution in [0, 0.1) is 30.2 Å². The summed E-state index contributed by atoms with van der Waals surface area (Å²) in [5.41, 5.74) is 2.75. The standard InChI is InChI=1S/C27H25F2N5O2.C7H3ClF2O/c1-17-3-4-21(31-26(35)18-11-19(28)13-20(29)12-18)14-25(17)34-16-30-24-6-5-22(15-23(24)27(34)36)33-9-7-32(2)8-10-33;8-7(11)4-1-5(9)3-6(10)2-4/h3-6,11-16H,7-10H2,1-2H3,(H,31,35);1-3H. The molecule has 1 aliphatic heterocycles. The molecule has 1 amide bonds. The van der Waals surface area contributed by atoms with Crippen LogP contribution >= 0.6 is 11.6 Å². The molecule has 0 saturated carbocycles. The van der Waals surface area contributed by atoms with Crippen molar-refractivity contribution in [2.24, 2.45) is 0 Å². The van der Waals surface area contributed by atoms with Crippen molar-refractivity contribution in [1.29, 1.82) is 0 Å². The van der Waals surface area contributed by atoms with Crippen molar-refractivity contribution in [1.82, 2.24) is 14.5 Å². The highest BCUT2D eigenvalue weighted by Gasteiger charge is 2.17. The Morgan fingerprint density at radius 1 is 0.787 bits per heavy atom. The number of aryl methyl sites for hydroxylation is 1. The number of anilines is 2. The fraction of sp³-hybridized carbons (Fsp3) is 0.176. The molecular weight excluding hydrogens is 638 g/mol. The summed E-state index contributed by atoms with van der Waals surface area (Å²) in [6.45, 7) is 5.52. The molecule has 1 aromatic heterocycles. The van der Waals surface area contributed by atoms with Crippen LogP contribution < -0.4 is 15.8 Å². The topological polar surface area (TPSA) is 87.5 Å². The first-order valence-electron chi connectivity index (χ1n) is 14.4. The zero-order valence-corrected chi connectivity index (χ0v) is 26.0. The number of fused-ring (bicyclic) bond motifs is 1. The van der Waals surface area contributed by atoms with Gasteiger partial charge < -0.3 is 15.1 Å². The molecule has 2 heterocycles. The Balaban J connectivity index is 0.000000335. The summed E-state index contributed by atoms with van der Waals surface area (Å²) >= 11 is 4.97. The van der Waals surface area contributed by atoms with Gasteiger partial charge in [-0.25, -0.2) is 22.5 Å². The molecular formula is C34H28ClF4N5O3. The number of hydrogen-bond donors (Lipinski definition) is 1. The average molecular weight is 666 g/mol. The summed E-state index contributed by atoms with van der Waals surface area (Å²) in [6, 6.07) is 15.8. The van der Waals surface area contributed by atoms with E-state index in [4.69, 9.17) is 11.6 Å². The lowest BCUT2D eigenvalue weighted by molar-refractivity contribution is 0.102. The highest BCUT2D eigenvalue weighted by atomic mass is 35.5. The van der Waals surface area contributed by atoms with Crippen LogP contribution in [0.5, 0.6) is 0 Å². The van der Waals surface area contributed by atoms with Crippen molar-refractivity contribution in [2.45, 2.75) is 6.92 Å². The van der Waals surface area contributed by atoms with E-state index in [2.05, 4.69) is 27.1 Å². The van der Waals surface area contributed by atoms with Crippen LogP contribution in [0.25, 0.3) is 16.6 Å². The maximum atomic E-state index is 13.5. The molecule has 1 saturated heterocycles. The van der Waals surface area contributed by atoms with E-state index in [1.54, 1.807) is 18.2 Å². The molecule has 4 aromatic carbocycles. The van der Waals surface area contributed by atoms with Crippen LogP contribution in [0.1, 0.15) is 26.3 Å². The zero-order valence-electron chi connectivity index (χ0n) is 25.2. The summed E-state index contributed by atoms with van der Waals surface area (Å²) < 4.78 is 53.2. The van der Waals surface area contributed by atoms with E-state index in [9.17, 15) is 31.9 Å². The van der Waals surface area contributed by atoms with Crippen molar-refractivity contribution in [3.63, 3.8) is 0 Å². The monoisotopic (exact) mass is 665 g/mol. The van der Waals surface area contributed by atoms with Crippen molar-refractivity contribution in [3.8, 4) is 5.69 Å². The number of nitrogens with zero attached hydrogens (tertiary/aromatic N) is 4. The van der Waals surface area contributed by atoms with E-state index in [0.29, 0.717) is 34.4 Å². The Morgan fingerprint density at radius 3 is 1.98 bits per heavy atom. The molecule has 47 heavy (non-hydrogen) atoms. The highest BCUT2D eigenvalue weighted by Crippen LogP contribution is 2.23. The molecule has 0 unspecified atom stereocenters. The van der Waals surface area contributed by atoms with Crippen LogP contribution in [-0.4, -0.2) is 58.8 Å². The number of carbonyl (C=O) groups is 2. The third kappa shape index (κ3) is 8.02. The maximum Gasteiger partial charge on any atom is 0.265 e. The lowest BCUT2D eigenvalue weighted by Crippen LogP contribution is -2.44. The molecule has 5 aromatic rings. The number of benzene rings is 4. The molecule has 1 N–H and O–H groups in total. The van der Waals surface area contributed by atoms with E-state index in [1.165, 1.54) is 10.9 Å². The minimum absolute atomic E-state index is 0.143. The Hall–Kier alpha value is -5.07. The number of carbonyl (C=O) groups excluding carboxylic acids is 2. The number of likely N-dealkylation sites (N-methyl/N-ethyl adjacent to an activating group) is 1. The van der Waals surface area contributed by atoms with Gasteiger partial charge in [-0.2, -0.15) is 0 Å². The Morgan fingerprint density at radius 2 is 1.38 bits per heavy atom. The summed E-state index contributed by atoms with van der Waals surface area (Å²) in [5.74, 6) is -3.96. The first-order valence-corrected chi connectivity index (χ1v) is 14.7. The fourth-order valence-corrected chi connectivity index (χ4v) is 5.15. The Bertz CT molecular complexity index is 2010. The van der Waals surface area contributed by atoms with Gasteiger partial charge in [-0.05, 0) is 85.7 Å². The minimum Gasteiger partial charge on any atom is -0.369 e. The number of piperazine rings is 1. The van der Waals surface area contributed by atoms with Crippen LogP contribution in [-0.2, 0) is 0 Å². The van der Waals surface area contributed by atoms with Crippen LogP contribution in [0.4, 0.5) is 28.9 Å². The van der Waals surface area contributed by atoms with Crippen LogP contribution in [0.3, 0.4) is 0 Å². The van der Waals surface area contributed by atoms with E-state index >= 15 is 0 Å². The van der Waals surface area contributed by atoms with E-state index in [0.717, 1.165) is 61.7 Å². The van der Waals surface area contributed by atoms with Gasteiger partial charge in [0.15, 0.2) is 0 Å². The molecule has 0 radical (unpaired) electrons. The molecule has 1 fully saturated rings. The zero-order chi connectivity index (χ0) is 33.8. The molecule has 0 aliphatic carbocycles. The number of hydrogen-bond acceptors (Lipinski definition) is 6. The molecule has 8 nitrogen and oxygen atoms in total. The molecule has 0 bridgehead atoms. The lowest BCUT2D eigenvalue weighted by atomic mass is 10.1. The Kier molecular flexibility index (Phi) is 10.0. The normalized spacial score (nSPS) is 13.2. The van der Waals surface area contributed by atoms with Crippen LogP contribution in [0.15, 0.2) is 83.9 Å². The van der Waals surface area contributed by atoms with Gasteiger partial charge in [-0.15, -0.1) is 0 Å². The predicted molar refractivity (Wildman–Crippen MR) is 173 cm³/mol. The molecule has 0 atom stereocenters. The summed E-state index contributed by atoms with van der Waals surface area (Å²) in [4.78, 5) is 45.5. The van der Waals surface area contributed by atoms with Crippen molar-refractivity contribution < 1.29 is 27.2 Å². The summed E-state index contributed by atoms with van der Waals surface area (Å²) in [6.07, 6.45) is 1.47. The summed E-state index contributed by atoms with van der Waals surface area (Å²) in [5, 5.41) is 2.27. The second kappa shape index (κ2) is 14.1. The third-order valence-electron chi connectivity index (χ3n) is 7.55. The largest absolute Gasteiger partial charge is 0.369 e. The minimum atomic E-state index is -0.872. The van der Waals surface area contributed by atoms with Gasteiger partial charge in [-0.1, -0.05) is 6.07 Å². The predicted octanol–water partition coefficient (Wildman–Crippen LogP) is 6.32. The molecule has 0 spiro atoms. The SMILES string of the molecule is Cc1ccc(NC(=O)c2cc(F)cc(F)c2)cc1-n1cnc2ccc(N3CCN(C)CC3)cc2c1=O.O=C(Cl)c1cc(F)cc(F)c1. The number of amides is 1. The number of halogens is 5. The van der Waals surface area contributed by atoms with Crippen molar-refractivity contribution >= 4 is 45.0 Å². The average Bonchev–Trinajstić information content (AvgIpc) is 3.02. The molecule has 242 valence electrons. The van der Waals surface area contributed by atoms with Gasteiger partial charge in [0.05, 0.1) is 16.6 Å². The molecule has 13 heteroatoms. The van der Waals surface area contributed by atoms with Crippen LogP contribution in [0.2, 0.25) is 0 Å². The van der Waals surface area contributed by atoms with Gasteiger partial charge in [-0.3, -0.25) is 19.0 Å². The molecule has 1 aliphatic rings. The quantitative estimate of drug-likeness (QED) is 0.175. The van der Waals surface area contributed by atoms with E-state index in [-0.39, 0.29) is 16.7 Å². The van der Waals surface area contributed by atoms with Gasteiger partial charge in [0.25, 0.3) is 16.7 Å². The smallest absolute Gasteiger partial charge is 0.265 e. The van der Waals surface area contributed by atoms with Gasteiger partial charge in [0.1, 0.15) is 29.6 Å². The number of aromatic nitrogens is 2. The van der Waals surface area contributed by atoms with E-state index in [1.807, 2.05) is 25.1 Å². The first-order chi connectivity index (χ1) is 22.4. The summed E-state index contributed by atoms with van der Waals surface area (Å²) in [7, 11) is 2.09. The maximum absolute atomic E-state index is 13.5. The van der Waals surface area contributed by atoms with E-state index < -0.39 is 34.4 Å². The molecule has 6 rings (SSSR count). The van der Waals surface area contributed by atoms with Gasteiger partial charge in [0.2, 0.25) is 0 Å². The van der Waals surface area contributed by atoms with Crippen molar-refractivity contribution in [2.75, 3.05) is 43.4 Å². The lowest BCUT2D eigenvalue weighted by Gasteiger charge is -2.34. The van der Waals surface area contributed by atoms with Gasteiger partial charge >= 0.3 is 0 Å². The number of nitrogens with one attached hydrogen (secondary N) is 1. The van der Waals surface area contributed by atoms with Gasteiger partial charge in [0, 0.05) is 60.8 Å². The highest BCUT2D eigenvalue weighted by molar-refractivity contribution is 6.67. The Labute approximate surface area is 271 Å². The second-order valence-electron chi connectivity index (χ2n) is 11.0. The third-order valence-corrected chi connectivity index (χ3v) is 7.77. The fourth-order valence-electron chi connectivity index (χ4n) is 5.05. The number of rotatable bonds is 5.